The second-order valence-corrected chi connectivity index (χ2v) is 10.4. The minimum atomic E-state index is -0.408. The van der Waals surface area contributed by atoms with E-state index in [2.05, 4.69) is 24.1 Å². The lowest BCUT2D eigenvalue weighted by Crippen LogP contribution is -2.54. The summed E-state index contributed by atoms with van der Waals surface area (Å²) in [5.41, 5.74) is 7.16. The third-order valence-corrected chi connectivity index (χ3v) is 6.76. The van der Waals surface area contributed by atoms with Gasteiger partial charge in [0.15, 0.2) is 6.54 Å². The second kappa shape index (κ2) is 8.96. The van der Waals surface area contributed by atoms with Crippen molar-refractivity contribution in [3.8, 4) is 0 Å². The van der Waals surface area contributed by atoms with Crippen LogP contribution < -0.4 is 10.6 Å². The summed E-state index contributed by atoms with van der Waals surface area (Å²) in [6.45, 7) is 10.6. The van der Waals surface area contributed by atoms with Crippen LogP contribution in [0.3, 0.4) is 0 Å². The highest BCUT2D eigenvalue weighted by atomic mass is 16.6. The summed E-state index contributed by atoms with van der Waals surface area (Å²) in [4.78, 5) is 14.7. The van der Waals surface area contributed by atoms with E-state index in [4.69, 9.17) is 15.9 Å². The number of nitrogens with zero attached hydrogens (tertiary/aromatic N) is 2. The van der Waals surface area contributed by atoms with Crippen LogP contribution in [0, 0.1) is 17.2 Å². The summed E-state index contributed by atoms with van der Waals surface area (Å²) < 4.78 is 6.36. The van der Waals surface area contributed by atoms with Gasteiger partial charge in [-0.2, -0.15) is 0 Å². The van der Waals surface area contributed by atoms with Gasteiger partial charge in [-0.05, 0) is 82.6 Å². The molecule has 0 unspecified atom stereocenters. The normalized spacial score (nSPS) is 25.7. The van der Waals surface area contributed by atoms with Gasteiger partial charge in [0.05, 0.1) is 20.1 Å². The van der Waals surface area contributed by atoms with E-state index in [1.807, 2.05) is 32.9 Å². The molecule has 3 N–H and O–H groups in total. The van der Waals surface area contributed by atoms with Crippen LogP contribution in [0.1, 0.15) is 52.0 Å². The Hall–Kier alpha value is -2.08. The summed E-state index contributed by atoms with van der Waals surface area (Å²) in [7, 11) is 2.20. The Bertz CT molecular complexity index is 737. The van der Waals surface area contributed by atoms with Crippen molar-refractivity contribution in [2.24, 2.45) is 17.6 Å². The molecular formula is C24H39N4O2+. The van der Waals surface area contributed by atoms with Gasteiger partial charge in [0.2, 0.25) is 0 Å². The first-order valence-corrected chi connectivity index (χ1v) is 11.3. The Kier molecular flexibility index (Phi) is 6.75. The monoisotopic (exact) mass is 415 g/mol. The molecule has 1 aromatic carbocycles. The number of anilines is 1. The van der Waals surface area contributed by atoms with Gasteiger partial charge in [0.1, 0.15) is 11.4 Å². The van der Waals surface area contributed by atoms with Crippen molar-refractivity contribution >= 4 is 17.5 Å². The third kappa shape index (κ3) is 5.97. The third-order valence-electron chi connectivity index (χ3n) is 6.76. The second-order valence-electron chi connectivity index (χ2n) is 10.4. The maximum absolute atomic E-state index is 12.3. The number of likely N-dealkylation sites (N-methyl/N-ethyl adjacent to an activating group) is 1. The summed E-state index contributed by atoms with van der Waals surface area (Å²) in [6, 6.07) is 8.04. The lowest BCUT2D eigenvalue weighted by molar-refractivity contribution is -0.908. The van der Waals surface area contributed by atoms with Gasteiger partial charge in [-0.1, -0.05) is 0 Å². The molecule has 0 aliphatic carbocycles. The number of likely N-dealkylation sites (tertiary alicyclic amines) is 1. The predicted molar refractivity (Wildman–Crippen MR) is 122 cm³/mol. The van der Waals surface area contributed by atoms with Crippen LogP contribution >= 0.6 is 0 Å². The van der Waals surface area contributed by atoms with Crippen LogP contribution in [0.25, 0.3) is 0 Å². The molecule has 2 fully saturated rings. The maximum atomic E-state index is 12.3. The largest absolute Gasteiger partial charge is 0.456 e. The number of hydrogen-bond acceptors (Lipinski definition) is 4. The fourth-order valence-electron chi connectivity index (χ4n) is 5.01. The highest BCUT2D eigenvalue weighted by Gasteiger charge is 2.37. The molecule has 1 aromatic rings. The van der Waals surface area contributed by atoms with Crippen LogP contribution in [0.2, 0.25) is 0 Å². The SMILES string of the molecule is CC(C)(C)OC(=O)C[N@+]1(C)CC[C@@H](C2CCN(c3ccc(C(=N)N)cc3)CC2)CC1. The lowest BCUT2D eigenvalue weighted by Gasteiger charge is -2.44. The number of nitrogens with two attached hydrogens (primary N) is 1. The topological polar surface area (TPSA) is 79.4 Å². The quantitative estimate of drug-likeness (QED) is 0.334. The summed E-state index contributed by atoms with van der Waals surface area (Å²) in [5, 5.41) is 7.53. The fraction of sp³-hybridized carbons (Fsp3) is 0.667. The first-order chi connectivity index (χ1) is 14.0. The van der Waals surface area contributed by atoms with Crippen molar-refractivity contribution in [3.05, 3.63) is 29.8 Å². The van der Waals surface area contributed by atoms with E-state index in [1.54, 1.807) is 0 Å². The highest BCUT2D eigenvalue weighted by molar-refractivity contribution is 5.95. The number of carbonyl (C=O) groups excluding carboxylic acids is 1. The van der Waals surface area contributed by atoms with Gasteiger partial charge in [0, 0.05) is 24.3 Å². The molecule has 6 nitrogen and oxygen atoms in total. The Balaban J connectivity index is 1.46. The first-order valence-electron chi connectivity index (χ1n) is 11.3. The average molecular weight is 416 g/mol. The molecule has 166 valence electrons. The highest BCUT2D eigenvalue weighted by Crippen LogP contribution is 2.35. The van der Waals surface area contributed by atoms with Gasteiger partial charge in [-0.25, -0.2) is 4.79 Å². The molecule has 0 aromatic heterocycles. The zero-order valence-corrected chi connectivity index (χ0v) is 19.1. The molecule has 0 spiro atoms. The molecule has 3 rings (SSSR count). The Labute approximate surface area is 181 Å². The van der Waals surface area contributed by atoms with Crippen molar-refractivity contribution in [1.29, 1.82) is 5.41 Å². The smallest absolute Gasteiger partial charge is 0.362 e. The van der Waals surface area contributed by atoms with E-state index in [-0.39, 0.29) is 11.8 Å². The van der Waals surface area contributed by atoms with Crippen LogP contribution in [-0.4, -0.2) is 61.7 Å². The lowest BCUT2D eigenvalue weighted by atomic mass is 9.78. The number of carbonyl (C=O) groups is 1. The van der Waals surface area contributed by atoms with Crippen molar-refractivity contribution in [1.82, 2.24) is 0 Å². The van der Waals surface area contributed by atoms with E-state index in [0.29, 0.717) is 6.54 Å². The van der Waals surface area contributed by atoms with E-state index >= 15 is 0 Å². The Morgan fingerprint density at radius 2 is 1.63 bits per heavy atom. The minimum absolute atomic E-state index is 0.0763. The number of hydrogen-bond donors (Lipinski definition) is 2. The molecule has 2 aliphatic heterocycles. The molecule has 2 saturated heterocycles. The number of amidine groups is 1. The van der Waals surface area contributed by atoms with Crippen molar-refractivity contribution < 1.29 is 14.0 Å². The first kappa shape index (κ1) is 22.6. The zero-order chi connectivity index (χ0) is 21.9. The summed E-state index contributed by atoms with van der Waals surface area (Å²) in [5.74, 6) is 1.60. The number of rotatable bonds is 5. The average Bonchev–Trinajstić information content (AvgIpc) is 2.67. The summed E-state index contributed by atoms with van der Waals surface area (Å²) in [6.07, 6.45) is 4.87. The molecule has 0 atom stereocenters. The van der Waals surface area contributed by atoms with Gasteiger partial charge in [-0.15, -0.1) is 0 Å². The number of nitrogens with one attached hydrogen (secondary N) is 1. The zero-order valence-electron chi connectivity index (χ0n) is 19.1. The van der Waals surface area contributed by atoms with Crippen molar-refractivity contribution in [3.63, 3.8) is 0 Å². The number of ether oxygens (including phenoxy) is 1. The van der Waals surface area contributed by atoms with Crippen LogP contribution in [0.15, 0.2) is 24.3 Å². The number of esters is 1. The number of piperidine rings is 2. The summed E-state index contributed by atoms with van der Waals surface area (Å²) >= 11 is 0. The van der Waals surface area contributed by atoms with Crippen molar-refractivity contribution in [2.75, 3.05) is 44.7 Å². The molecular weight excluding hydrogens is 376 g/mol. The minimum Gasteiger partial charge on any atom is -0.456 e. The van der Waals surface area contributed by atoms with Gasteiger partial charge >= 0.3 is 5.97 Å². The Morgan fingerprint density at radius 1 is 1.10 bits per heavy atom. The maximum Gasteiger partial charge on any atom is 0.362 e. The molecule has 0 radical (unpaired) electrons. The molecule has 0 saturated carbocycles. The van der Waals surface area contributed by atoms with E-state index in [1.165, 1.54) is 31.4 Å². The van der Waals surface area contributed by atoms with Gasteiger partial charge in [0.25, 0.3) is 0 Å². The van der Waals surface area contributed by atoms with E-state index < -0.39 is 5.60 Å². The van der Waals surface area contributed by atoms with Crippen molar-refractivity contribution in [2.45, 2.75) is 52.1 Å². The van der Waals surface area contributed by atoms with Crippen LogP contribution in [0.4, 0.5) is 5.69 Å². The van der Waals surface area contributed by atoms with E-state index in [9.17, 15) is 4.79 Å². The number of nitrogen functional groups attached to an aromatic ring is 1. The Morgan fingerprint density at radius 3 is 2.13 bits per heavy atom. The molecule has 6 heteroatoms. The number of quaternary nitrogens is 1. The molecule has 30 heavy (non-hydrogen) atoms. The van der Waals surface area contributed by atoms with Crippen LogP contribution in [-0.2, 0) is 9.53 Å². The van der Waals surface area contributed by atoms with Gasteiger partial charge in [-0.3, -0.25) is 5.41 Å². The molecule has 2 heterocycles. The number of benzene rings is 1. The fourth-order valence-corrected chi connectivity index (χ4v) is 5.01. The van der Waals surface area contributed by atoms with Crippen LogP contribution in [0.5, 0.6) is 0 Å². The predicted octanol–water partition coefficient (Wildman–Crippen LogP) is 3.39. The van der Waals surface area contributed by atoms with Gasteiger partial charge < -0.3 is 19.9 Å². The van der Waals surface area contributed by atoms with E-state index in [0.717, 1.165) is 48.1 Å². The molecule has 2 aliphatic rings. The molecule has 0 amide bonds. The standard InChI is InChI=1S/C24H39N4O2/c1-24(2,3)30-22(29)17-28(4)15-11-19(12-16-28)18-9-13-27(14-10-18)21-7-5-20(6-8-21)23(25)26/h5-8,18-19H,9-17H2,1-4H3,(H3,25,26)/q+1/t19-,28-. The molecule has 0 bridgehead atoms.